The molecular weight excluding hydrogens is 432 g/mol. The molecule has 0 amide bonds. The lowest BCUT2D eigenvalue weighted by molar-refractivity contribution is -0.275. The Morgan fingerprint density at radius 3 is 1.52 bits per heavy atom. The number of ether oxygens (including phenoxy) is 2. The third kappa shape index (κ3) is 12.7. The van der Waals surface area contributed by atoms with Gasteiger partial charge in [0.05, 0.1) is 6.07 Å². The SMILES string of the molecule is N#CCCc1ccc(OC(F)(F)F)cc1.O=C(O)CCc1ccc(OC(F)(F)F)cc1. The van der Waals surface area contributed by atoms with Crippen molar-refractivity contribution in [2.45, 2.75) is 38.4 Å². The van der Waals surface area contributed by atoms with Crippen molar-refractivity contribution in [1.82, 2.24) is 0 Å². The number of hydrogen-bond acceptors (Lipinski definition) is 4. The minimum Gasteiger partial charge on any atom is -0.481 e. The highest BCUT2D eigenvalue weighted by Crippen LogP contribution is 2.24. The van der Waals surface area contributed by atoms with Gasteiger partial charge in [0.2, 0.25) is 0 Å². The summed E-state index contributed by atoms with van der Waals surface area (Å²) < 4.78 is 78.1. The van der Waals surface area contributed by atoms with Gasteiger partial charge in [0.15, 0.2) is 0 Å². The van der Waals surface area contributed by atoms with Crippen LogP contribution in [0.25, 0.3) is 0 Å². The predicted octanol–water partition coefficient (Wildman–Crippen LogP) is 5.64. The van der Waals surface area contributed by atoms with Crippen LogP contribution >= 0.6 is 0 Å². The third-order valence-electron chi connectivity index (χ3n) is 3.47. The van der Waals surface area contributed by atoms with Crippen LogP contribution in [-0.4, -0.2) is 23.8 Å². The predicted molar refractivity (Wildman–Crippen MR) is 96.1 cm³/mol. The summed E-state index contributed by atoms with van der Waals surface area (Å²) in [6.07, 6.45) is -8.26. The number of aryl methyl sites for hydroxylation is 2. The molecule has 0 fully saturated rings. The summed E-state index contributed by atoms with van der Waals surface area (Å²) in [6, 6.07) is 12.6. The molecule has 2 aromatic rings. The summed E-state index contributed by atoms with van der Waals surface area (Å²) in [5.41, 5.74) is 1.46. The van der Waals surface area contributed by atoms with E-state index in [0.29, 0.717) is 18.4 Å². The largest absolute Gasteiger partial charge is 0.573 e. The van der Waals surface area contributed by atoms with Crippen LogP contribution in [0.3, 0.4) is 0 Å². The van der Waals surface area contributed by atoms with Crippen LogP contribution in [0, 0.1) is 11.3 Å². The van der Waals surface area contributed by atoms with E-state index in [0.717, 1.165) is 17.7 Å². The van der Waals surface area contributed by atoms with Gasteiger partial charge in [-0.3, -0.25) is 4.79 Å². The van der Waals surface area contributed by atoms with Crippen LogP contribution in [0.4, 0.5) is 26.3 Å². The molecule has 0 heterocycles. The van der Waals surface area contributed by atoms with Crippen LogP contribution in [0.2, 0.25) is 0 Å². The molecule has 0 spiro atoms. The van der Waals surface area contributed by atoms with Gasteiger partial charge in [0, 0.05) is 12.8 Å². The smallest absolute Gasteiger partial charge is 0.481 e. The van der Waals surface area contributed by atoms with Crippen molar-refractivity contribution in [3.05, 3.63) is 59.7 Å². The number of hydrogen-bond donors (Lipinski definition) is 1. The minimum absolute atomic E-state index is 0.0561. The van der Waals surface area contributed by atoms with Crippen molar-refractivity contribution in [2.75, 3.05) is 0 Å². The summed E-state index contributed by atoms with van der Waals surface area (Å²) in [5.74, 6) is -1.51. The van der Waals surface area contributed by atoms with Crippen LogP contribution in [0.5, 0.6) is 11.5 Å². The van der Waals surface area contributed by atoms with E-state index in [1.54, 1.807) is 0 Å². The molecule has 11 heteroatoms. The number of carboxylic acids is 1. The van der Waals surface area contributed by atoms with Crippen molar-refractivity contribution in [2.24, 2.45) is 0 Å². The zero-order chi connectivity index (χ0) is 23.5. The zero-order valence-corrected chi connectivity index (χ0v) is 15.8. The molecule has 1 N–H and O–H groups in total. The Kier molecular flexibility index (Phi) is 9.66. The van der Waals surface area contributed by atoms with Crippen molar-refractivity contribution < 1.29 is 45.7 Å². The fourth-order valence-corrected chi connectivity index (χ4v) is 2.17. The Labute approximate surface area is 173 Å². The van der Waals surface area contributed by atoms with Crippen molar-refractivity contribution in [3.8, 4) is 17.6 Å². The molecule has 0 unspecified atom stereocenters. The maximum Gasteiger partial charge on any atom is 0.573 e. The zero-order valence-electron chi connectivity index (χ0n) is 15.8. The monoisotopic (exact) mass is 449 g/mol. The molecular formula is C20H17F6NO4. The molecule has 0 saturated carbocycles. The molecule has 0 saturated heterocycles. The molecule has 2 rings (SSSR count). The highest BCUT2D eigenvalue weighted by Gasteiger charge is 2.31. The van der Waals surface area contributed by atoms with Gasteiger partial charge in [-0.2, -0.15) is 5.26 Å². The Balaban J connectivity index is 0.000000311. The van der Waals surface area contributed by atoms with E-state index in [4.69, 9.17) is 10.4 Å². The molecule has 0 aliphatic heterocycles. The first-order chi connectivity index (χ1) is 14.4. The lowest BCUT2D eigenvalue weighted by atomic mass is 10.1. The Morgan fingerprint density at radius 2 is 1.19 bits per heavy atom. The lowest BCUT2D eigenvalue weighted by Crippen LogP contribution is -2.17. The number of aliphatic carboxylic acids is 1. The van der Waals surface area contributed by atoms with E-state index in [1.165, 1.54) is 36.4 Å². The maximum absolute atomic E-state index is 11.8. The molecule has 0 radical (unpaired) electrons. The van der Waals surface area contributed by atoms with Crippen LogP contribution < -0.4 is 9.47 Å². The van der Waals surface area contributed by atoms with Gasteiger partial charge in [-0.25, -0.2) is 0 Å². The summed E-state index contributed by atoms with van der Waals surface area (Å²) in [6.45, 7) is 0. The van der Waals surface area contributed by atoms with E-state index >= 15 is 0 Å². The Bertz CT molecular complexity index is 856. The van der Waals surface area contributed by atoms with Gasteiger partial charge < -0.3 is 14.6 Å². The maximum atomic E-state index is 11.8. The molecule has 0 atom stereocenters. The number of carboxylic acid groups (broad SMARTS) is 1. The molecule has 168 valence electrons. The normalized spacial score (nSPS) is 11.0. The first-order valence-electron chi connectivity index (χ1n) is 8.66. The number of nitrogens with zero attached hydrogens (tertiary/aromatic N) is 1. The van der Waals surface area contributed by atoms with Gasteiger partial charge in [-0.15, -0.1) is 26.3 Å². The fraction of sp³-hybridized carbons (Fsp3) is 0.300. The molecule has 0 bridgehead atoms. The van der Waals surface area contributed by atoms with Crippen molar-refractivity contribution >= 4 is 5.97 Å². The number of alkyl halides is 6. The van der Waals surface area contributed by atoms with Crippen molar-refractivity contribution in [1.29, 1.82) is 5.26 Å². The van der Waals surface area contributed by atoms with Gasteiger partial charge >= 0.3 is 18.7 Å². The summed E-state index contributed by atoms with van der Waals surface area (Å²) in [5, 5.41) is 16.7. The summed E-state index contributed by atoms with van der Waals surface area (Å²) in [7, 11) is 0. The average Bonchev–Trinajstić information content (AvgIpc) is 2.65. The highest BCUT2D eigenvalue weighted by molar-refractivity contribution is 5.67. The second-order valence-corrected chi connectivity index (χ2v) is 5.94. The molecule has 5 nitrogen and oxygen atoms in total. The molecule has 0 aliphatic rings. The van der Waals surface area contributed by atoms with E-state index in [1.807, 2.05) is 6.07 Å². The van der Waals surface area contributed by atoms with Gasteiger partial charge in [-0.1, -0.05) is 24.3 Å². The lowest BCUT2D eigenvalue weighted by Gasteiger charge is -2.08. The number of nitriles is 1. The average molecular weight is 449 g/mol. The minimum atomic E-state index is -4.71. The van der Waals surface area contributed by atoms with Crippen molar-refractivity contribution in [3.63, 3.8) is 0 Å². The van der Waals surface area contributed by atoms with E-state index < -0.39 is 18.7 Å². The Morgan fingerprint density at radius 1 is 0.806 bits per heavy atom. The second-order valence-electron chi connectivity index (χ2n) is 5.94. The van der Waals surface area contributed by atoms with Gasteiger partial charge in [0.25, 0.3) is 0 Å². The quantitative estimate of drug-likeness (QED) is 0.553. The molecule has 2 aromatic carbocycles. The van der Waals surface area contributed by atoms with E-state index in [9.17, 15) is 31.1 Å². The number of halogens is 6. The van der Waals surface area contributed by atoms with Crippen LogP contribution in [0.1, 0.15) is 24.0 Å². The second kappa shape index (κ2) is 11.7. The standard InChI is InChI=1S/C10H8F3NO.C10H9F3O3/c11-10(12,13)15-9-5-3-8(4-6-9)2-1-7-14;11-10(12,13)16-8-4-1-7(2-5-8)3-6-9(14)15/h3-6H,1-2H2;1-2,4-5H,3,6H2,(H,14,15). The molecule has 0 aromatic heterocycles. The fourth-order valence-electron chi connectivity index (χ4n) is 2.17. The Hall–Kier alpha value is -3.42. The first kappa shape index (κ1) is 25.6. The first-order valence-corrected chi connectivity index (χ1v) is 8.66. The topological polar surface area (TPSA) is 79.5 Å². The molecule has 31 heavy (non-hydrogen) atoms. The number of benzene rings is 2. The van der Waals surface area contributed by atoms with E-state index in [-0.39, 0.29) is 24.3 Å². The highest BCUT2D eigenvalue weighted by atomic mass is 19.4. The third-order valence-corrected chi connectivity index (χ3v) is 3.47. The van der Waals surface area contributed by atoms with E-state index in [2.05, 4.69) is 9.47 Å². The summed E-state index contributed by atoms with van der Waals surface area (Å²) in [4.78, 5) is 10.3. The van der Waals surface area contributed by atoms with Crippen LogP contribution in [0.15, 0.2) is 48.5 Å². The number of carbonyl (C=O) groups is 1. The molecule has 0 aliphatic carbocycles. The van der Waals surface area contributed by atoms with Crippen LogP contribution in [-0.2, 0) is 17.6 Å². The number of rotatable bonds is 7. The summed E-state index contributed by atoms with van der Waals surface area (Å²) >= 11 is 0. The van der Waals surface area contributed by atoms with Gasteiger partial charge in [-0.05, 0) is 48.2 Å². The van der Waals surface area contributed by atoms with Gasteiger partial charge in [0.1, 0.15) is 11.5 Å².